The molecule has 0 aliphatic carbocycles. The van der Waals surface area contributed by atoms with Gasteiger partial charge in [-0.2, -0.15) is 0 Å². The third-order valence-corrected chi connectivity index (χ3v) is 3.27. The predicted molar refractivity (Wildman–Crippen MR) is 64.0 cm³/mol. The fourth-order valence-corrected chi connectivity index (χ4v) is 2.16. The lowest BCUT2D eigenvalue weighted by atomic mass is 9.99. The van der Waals surface area contributed by atoms with E-state index in [0.29, 0.717) is 12.5 Å². The van der Waals surface area contributed by atoms with Crippen LogP contribution in [0.2, 0.25) is 0 Å². The summed E-state index contributed by atoms with van der Waals surface area (Å²) >= 11 is 0. The van der Waals surface area contributed by atoms with Crippen molar-refractivity contribution in [2.75, 3.05) is 33.4 Å². The third-order valence-electron chi connectivity index (χ3n) is 3.27. The topological polar surface area (TPSA) is 55.6 Å². The van der Waals surface area contributed by atoms with Crippen LogP contribution in [0.25, 0.3) is 0 Å². The maximum Gasteiger partial charge on any atom is 0.225 e. The first-order valence-electron chi connectivity index (χ1n) is 6.18. The number of amides is 1. The second-order valence-electron chi connectivity index (χ2n) is 4.75. The molecule has 0 aromatic carbocycles. The van der Waals surface area contributed by atoms with Gasteiger partial charge in [-0.05, 0) is 31.7 Å². The zero-order valence-corrected chi connectivity index (χ0v) is 10.4. The van der Waals surface area contributed by atoms with Gasteiger partial charge in [0.15, 0.2) is 0 Å². The van der Waals surface area contributed by atoms with E-state index in [-0.39, 0.29) is 11.8 Å². The molecule has 4 heteroatoms. The molecule has 1 rings (SSSR count). The molecule has 94 valence electrons. The van der Waals surface area contributed by atoms with Gasteiger partial charge in [0.05, 0.1) is 0 Å². The quantitative estimate of drug-likeness (QED) is 0.759. The van der Waals surface area contributed by atoms with Gasteiger partial charge in [-0.3, -0.25) is 4.79 Å². The molecule has 2 N–H and O–H groups in total. The average Bonchev–Trinajstić information content (AvgIpc) is 2.29. The lowest BCUT2D eigenvalue weighted by Crippen LogP contribution is -2.37. The molecule has 1 heterocycles. The first-order chi connectivity index (χ1) is 7.65. The SMILES string of the molecule is CC(CCN)C(=O)N(C)CC1CCOCC1. The van der Waals surface area contributed by atoms with Gasteiger partial charge in [0, 0.05) is 32.7 Å². The van der Waals surface area contributed by atoms with Gasteiger partial charge in [0.1, 0.15) is 0 Å². The molecule has 0 spiro atoms. The lowest BCUT2D eigenvalue weighted by molar-refractivity contribution is -0.134. The Hall–Kier alpha value is -0.610. The minimum Gasteiger partial charge on any atom is -0.381 e. The minimum atomic E-state index is 0.0508. The zero-order valence-electron chi connectivity index (χ0n) is 10.4. The average molecular weight is 228 g/mol. The molecule has 4 nitrogen and oxygen atoms in total. The van der Waals surface area contributed by atoms with E-state index >= 15 is 0 Å². The van der Waals surface area contributed by atoms with Gasteiger partial charge in [0.2, 0.25) is 5.91 Å². The van der Waals surface area contributed by atoms with Crippen LogP contribution < -0.4 is 5.73 Å². The van der Waals surface area contributed by atoms with Gasteiger partial charge >= 0.3 is 0 Å². The predicted octanol–water partition coefficient (Wildman–Crippen LogP) is 0.856. The van der Waals surface area contributed by atoms with Crippen LogP contribution in [0.1, 0.15) is 26.2 Å². The summed E-state index contributed by atoms with van der Waals surface area (Å²) in [4.78, 5) is 13.8. The highest BCUT2D eigenvalue weighted by Gasteiger charge is 2.21. The molecule has 1 aliphatic heterocycles. The summed E-state index contributed by atoms with van der Waals surface area (Å²) < 4.78 is 5.31. The van der Waals surface area contributed by atoms with Gasteiger partial charge in [-0.15, -0.1) is 0 Å². The van der Waals surface area contributed by atoms with E-state index in [1.807, 2.05) is 18.9 Å². The molecule has 0 bridgehead atoms. The molecule has 1 atom stereocenters. The van der Waals surface area contributed by atoms with E-state index in [1.54, 1.807) is 0 Å². The van der Waals surface area contributed by atoms with Crippen molar-refractivity contribution in [1.29, 1.82) is 0 Å². The Balaban J connectivity index is 2.32. The molecule has 1 fully saturated rings. The number of hydrogen-bond donors (Lipinski definition) is 1. The summed E-state index contributed by atoms with van der Waals surface area (Å²) in [5.41, 5.74) is 5.46. The molecule has 1 aliphatic rings. The van der Waals surface area contributed by atoms with Crippen molar-refractivity contribution in [2.45, 2.75) is 26.2 Å². The fraction of sp³-hybridized carbons (Fsp3) is 0.917. The summed E-state index contributed by atoms with van der Waals surface area (Å²) in [5, 5.41) is 0. The zero-order chi connectivity index (χ0) is 12.0. The van der Waals surface area contributed by atoms with Gasteiger partial charge < -0.3 is 15.4 Å². The van der Waals surface area contributed by atoms with Crippen LogP contribution in [0.4, 0.5) is 0 Å². The molecule has 16 heavy (non-hydrogen) atoms. The normalized spacial score (nSPS) is 19.4. The van der Waals surface area contributed by atoms with Crippen molar-refractivity contribution in [3.63, 3.8) is 0 Å². The van der Waals surface area contributed by atoms with Crippen molar-refractivity contribution in [3.8, 4) is 0 Å². The first-order valence-corrected chi connectivity index (χ1v) is 6.18. The number of nitrogens with two attached hydrogens (primary N) is 1. The summed E-state index contributed by atoms with van der Waals surface area (Å²) in [5.74, 6) is 0.875. The Bertz CT molecular complexity index is 215. The third kappa shape index (κ3) is 4.10. The molecule has 0 radical (unpaired) electrons. The van der Waals surface area contributed by atoms with Crippen molar-refractivity contribution in [1.82, 2.24) is 4.90 Å². The Morgan fingerprint density at radius 2 is 2.12 bits per heavy atom. The van der Waals surface area contributed by atoms with Crippen molar-refractivity contribution < 1.29 is 9.53 Å². The lowest BCUT2D eigenvalue weighted by Gasteiger charge is -2.28. The molecule has 0 saturated carbocycles. The second kappa shape index (κ2) is 6.86. The highest BCUT2D eigenvalue weighted by atomic mass is 16.5. The summed E-state index contributed by atoms with van der Waals surface area (Å²) in [6.07, 6.45) is 2.92. The maximum atomic E-state index is 11.9. The maximum absolute atomic E-state index is 11.9. The number of ether oxygens (including phenoxy) is 1. The van der Waals surface area contributed by atoms with Crippen molar-refractivity contribution >= 4 is 5.91 Å². The van der Waals surface area contributed by atoms with E-state index in [1.165, 1.54) is 0 Å². The number of hydrogen-bond acceptors (Lipinski definition) is 3. The fourth-order valence-electron chi connectivity index (χ4n) is 2.16. The monoisotopic (exact) mass is 228 g/mol. The first kappa shape index (κ1) is 13.5. The summed E-state index contributed by atoms with van der Waals surface area (Å²) in [6.45, 7) is 5.07. The molecule has 1 unspecified atom stereocenters. The highest BCUT2D eigenvalue weighted by Crippen LogP contribution is 2.16. The van der Waals surface area contributed by atoms with E-state index in [4.69, 9.17) is 10.5 Å². The van der Waals surface area contributed by atoms with E-state index in [2.05, 4.69) is 0 Å². The van der Waals surface area contributed by atoms with Crippen LogP contribution in [0.5, 0.6) is 0 Å². The molecule has 1 saturated heterocycles. The van der Waals surface area contributed by atoms with Crippen LogP contribution in [0, 0.1) is 11.8 Å². The van der Waals surface area contributed by atoms with E-state index in [9.17, 15) is 4.79 Å². The Morgan fingerprint density at radius 3 is 2.69 bits per heavy atom. The van der Waals surface area contributed by atoms with E-state index in [0.717, 1.165) is 39.0 Å². The van der Waals surface area contributed by atoms with Crippen LogP contribution in [0.3, 0.4) is 0 Å². The standard InChI is InChI=1S/C12H24N2O2/c1-10(3-6-13)12(15)14(2)9-11-4-7-16-8-5-11/h10-11H,3-9,13H2,1-2H3. The number of carbonyl (C=O) groups excluding carboxylic acids is 1. The largest absolute Gasteiger partial charge is 0.381 e. The van der Waals surface area contributed by atoms with Crippen molar-refractivity contribution in [2.24, 2.45) is 17.6 Å². The van der Waals surface area contributed by atoms with Crippen LogP contribution in [0.15, 0.2) is 0 Å². The number of nitrogens with zero attached hydrogens (tertiary/aromatic N) is 1. The van der Waals surface area contributed by atoms with Gasteiger partial charge in [-0.1, -0.05) is 6.92 Å². The summed E-state index contributed by atoms with van der Waals surface area (Å²) in [7, 11) is 1.89. The van der Waals surface area contributed by atoms with Crippen LogP contribution in [-0.2, 0) is 9.53 Å². The highest BCUT2D eigenvalue weighted by molar-refractivity contribution is 5.78. The van der Waals surface area contributed by atoms with Gasteiger partial charge in [0.25, 0.3) is 0 Å². The van der Waals surface area contributed by atoms with Crippen LogP contribution >= 0.6 is 0 Å². The molecule has 0 aromatic heterocycles. The Kier molecular flexibility index (Phi) is 5.77. The number of rotatable bonds is 5. The summed E-state index contributed by atoms with van der Waals surface area (Å²) in [6, 6.07) is 0. The molecular weight excluding hydrogens is 204 g/mol. The van der Waals surface area contributed by atoms with Crippen LogP contribution in [-0.4, -0.2) is 44.2 Å². The second-order valence-corrected chi connectivity index (χ2v) is 4.75. The van der Waals surface area contributed by atoms with Gasteiger partial charge in [-0.25, -0.2) is 0 Å². The number of carbonyl (C=O) groups is 1. The Morgan fingerprint density at radius 1 is 1.50 bits per heavy atom. The minimum absolute atomic E-state index is 0.0508. The molecule has 0 aromatic rings. The van der Waals surface area contributed by atoms with Crippen molar-refractivity contribution in [3.05, 3.63) is 0 Å². The molecular formula is C12H24N2O2. The Labute approximate surface area is 98.1 Å². The van der Waals surface area contributed by atoms with E-state index < -0.39 is 0 Å². The smallest absolute Gasteiger partial charge is 0.225 e. The molecule has 1 amide bonds.